The maximum absolute atomic E-state index is 10.5. The SMILES string of the molecule is O=Cc1ccc(Sc2nnc(Cc3ccccc3)o2)o1. The van der Waals surface area contributed by atoms with Crippen LogP contribution < -0.4 is 0 Å². The molecule has 3 rings (SSSR count). The van der Waals surface area contributed by atoms with Crippen LogP contribution in [-0.4, -0.2) is 16.5 Å². The maximum atomic E-state index is 10.5. The van der Waals surface area contributed by atoms with E-state index in [0.717, 1.165) is 5.56 Å². The fourth-order valence-electron chi connectivity index (χ4n) is 1.66. The van der Waals surface area contributed by atoms with Crippen molar-refractivity contribution in [3.05, 3.63) is 59.7 Å². The summed E-state index contributed by atoms with van der Waals surface area (Å²) in [6, 6.07) is 13.2. The predicted octanol–water partition coefficient (Wildman–Crippen LogP) is 3.22. The molecule has 20 heavy (non-hydrogen) atoms. The van der Waals surface area contributed by atoms with Crippen molar-refractivity contribution in [1.82, 2.24) is 10.2 Å². The average molecular weight is 286 g/mol. The van der Waals surface area contributed by atoms with Gasteiger partial charge in [-0.1, -0.05) is 30.3 Å². The summed E-state index contributed by atoms with van der Waals surface area (Å²) in [4.78, 5) is 10.5. The fraction of sp³-hybridized carbons (Fsp3) is 0.0714. The number of nitrogens with zero attached hydrogens (tertiary/aromatic N) is 2. The van der Waals surface area contributed by atoms with Crippen molar-refractivity contribution in [2.24, 2.45) is 0 Å². The second kappa shape index (κ2) is 5.75. The van der Waals surface area contributed by atoms with E-state index in [1.165, 1.54) is 11.8 Å². The number of hydrogen-bond acceptors (Lipinski definition) is 6. The van der Waals surface area contributed by atoms with Crippen LogP contribution in [0.1, 0.15) is 22.0 Å². The van der Waals surface area contributed by atoms with Gasteiger partial charge in [0.2, 0.25) is 5.89 Å². The van der Waals surface area contributed by atoms with Crippen LogP contribution in [0.5, 0.6) is 0 Å². The van der Waals surface area contributed by atoms with Crippen LogP contribution in [-0.2, 0) is 6.42 Å². The number of furan rings is 1. The maximum Gasteiger partial charge on any atom is 0.284 e. The standard InChI is InChI=1S/C14H10N2O3S/c17-9-11-6-7-13(18-11)20-14-16-15-12(19-14)8-10-4-2-1-3-5-10/h1-7,9H,8H2. The monoisotopic (exact) mass is 286 g/mol. The molecule has 0 spiro atoms. The number of hydrogen-bond donors (Lipinski definition) is 0. The van der Waals surface area contributed by atoms with Gasteiger partial charge >= 0.3 is 0 Å². The Labute approximate surface area is 119 Å². The number of rotatable bonds is 5. The van der Waals surface area contributed by atoms with Gasteiger partial charge in [-0.2, -0.15) is 0 Å². The summed E-state index contributed by atoms with van der Waals surface area (Å²) in [5.41, 5.74) is 1.11. The van der Waals surface area contributed by atoms with E-state index in [4.69, 9.17) is 8.83 Å². The van der Waals surface area contributed by atoms with Gasteiger partial charge in [0.25, 0.3) is 5.22 Å². The molecular formula is C14H10N2O3S. The summed E-state index contributed by atoms with van der Waals surface area (Å²) in [7, 11) is 0. The minimum Gasteiger partial charge on any atom is -0.447 e. The first kappa shape index (κ1) is 12.7. The fourth-order valence-corrected chi connectivity index (χ4v) is 2.33. The lowest BCUT2D eigenvalue weighted by Crippen LogP contribution is -1.87. The van der Waals surface area contributed by atoms with Crippen molar-refractivity contribution in [2.45, 2.75) is 16.7 Å². The molecule has 5 nitrogen and oxygen atoms in total. The Hall–Kier alpha value is -2.34. The van der Waals surface area contributed by atoms with E-state index in [-0.39, 0.29) is 5.76 Å². The van der Waals surface area contributed by atoms with Gasteiger partial charge in [-0.05, 0) is 17.7 Å². The van der Waals surface area contributed by atoms with Gasteiger partial charge in [-0.15, -0.1) is 10.2 Å². The Morgan fingerprint density at radius 3 is 2.65 bits per heavy atom. The number of aldehydes is 1. The van der Waals surface area contributed by atoms with Crippen LogP contribution >= 0.6 is 11.8 Å². The first-order chi connectivity index (χ1) is 9.83. The summed E-state index contributed by atoms with van der Waals surface area (Å²) in [6.07, 6.45) is 1.24. The topological polar surface area (TPSA) is 69.1 Å². The van der Waals surface area contributed by atoms with E-state index in [1.807, 2.05) is 30.3 Å². The van der Waals surface area contributed by atoms with E-state index in [0.29, 0.717) is 28.9 Å². The van der Waals surface area contributed by atoms with Crippen LogP contribution in [0.3, 0.4) is 0 Å². The Morgan fingerprint density at radius 2 is 1.90 bits per heavy atom. The van der Waals surface area contributed by atoms with Crippen molar-refractivity contribution < 1.29 is 13.6 Å². The van der Waals surface area contributed by atoms with Crippen molar-refractivity contribution >= 4 is 18.0 Å². The second-order valence-corrected chi connectivity index (χ2v) is 4.96. The first-order valence-corrected chi connectivity index (χ1v) is 6.74. The predicted molar refractivity (Wildman–Crippen MR) is 71.8 cm³/mol. The van der Waals surface area contributed by atoms with Gasteiger partial charge in [0.1, 0.15) is 0 Å². The zero-order valence-corrected chi connectivity index (χ0v) is 11.2. The number of benzene rings is 1. The van der Waals surface area contributed by atoms with E-state index in [9.17, 15) is 4.79 Å². The molecule has 3 aromatic rings. The van der Waals surface area contributed by atoms with E-state index in [1.54, 1.807) is 12.1 Å². The van der Waals surface area contributed by atoms with Crippen LogP contribution in [0.25, 0.3) is 0 Å². The van der Waals surface area contributed by atoms with Crippen LogP contribution in [0.4, 0.5) is 0 Å². The summed E-state index contributed by atoms with van der Waals surface area (Å²) in [6.45, 7) is 0. The normalized spacial score (nSPS) is 10.6. The van der Waals surface area contributed by atoms with Gasteiger partial charge < -0.3 is 8.83 Å². The van der Waals surface area contributed by atoms with E-state index in [2.05, 4.69) is 10.2 Å². The minimum atomic E-state index is 0.275. The van der Waals surface area contributed by atoms with E-state index < -0.39 is 0 Å². The highest BCUT2D eigenvalue weighted by atomic mass is 32.2. The third-order valence-corrected chi connectivity index (χ3v) is 3.31. The Kier molecular flexibility index (Phi) is 3.64. The molecular weight excluding hydrogens is 276 g/mol. The summed E-state index contributed by atoms with van der Waals surface area (Å²) < 4.78 is 10.8. The zero-order valence-electron chi connectivity index (χ0n) is 10.4. The number of carbonyl (C=O) groups is 1. The lowest BCUT2D eigenvalue weighted by Gasteiger charge is -1.94. The number of aromatic nitrogens is 2. The molecule has 0 unspecified atom stereocenters. The van der Waals surface area contributed by atoms with Crippen molar-refractivity contribution in [2.75, 3.05) is 0 Å². The Balaban J connectivity index is 1.69. The van der Waals surface area contributed by atoms with Crippen molar-refractivity contribution in [3.8, 4) is 0 Å². The Morgan fingerprint density at radius 1 is 1.05 bits per heavy atom. The molecule has 2 aromatic heterocycles. The molecule has 0 atom stereocenters. The van der Waals surface area contributed by atoms with Crippen molar-refractivity contribution in [1.29, 1.82) is 0 Å². The molecule has 0 aliphatic rings. The molecule has 0 aliphatic heterocycles. The second-order valence-electron chi connectivity index (χ2n) is 4.00. The molecule has 100 valence electrons. The Bertz CT molecular complexity index is 706. The number of carbonyl (C=O) groups excluding carboxylic acids is 1. The molecule has 0 radical (unpaired) electrons. The summed E-state index contributed by atoms with van der Waals surface area (Å²) in [5, 5.41) is 8.86. The smallest absolute Gasteiger partial charge is 0.284 e. The van der Waals surface area contributed by atoms with Gasteiger partial charge in [-0.3, -0.25) is 4.79 Å². The molecule has 0 N–H and O–H groups in total. The van der Waals surface area contributed by atoms with Gasteiger partial charge in [0.05, 0.1) is 6.42 Å². The van der Waals surface area contributed by atoms with Gasteiger partial charge in [0, 0.05) is 11.8 Å². The van der Waals surface area contributed by atoms with E-state index >= 15 is 0 Å². The van der Waals surface area contributed by atoms with Crippen LogP contribution in [0.15, 0.2) is 61.6 Å². The first-order valence-electron chi connectivity index (χ1n) is 5.92. The highest BCUT2D eigenvalue weighted by molar-refractivity contribution is 7.99. The van der Waals surface area contributed by atoms with Gasteiger partial charge in [-0.25, -0.2) is 0 Å². The molecule has 6 heteroatoms. The molecule has 0 bridgehead atoms. The van der Waals surface area contributed by atoms with Crippen molar-refractivity contribution in [3.63, 3.8) is 0 Å². The van der Waals surface area contributed by atoms with Gasteiger partial charge in [0.15, 0.2) is 17.1 Å². The molecule has 1 aromatic carbocycles. The highest BCUT2D eigenvalue weighted by Gasteiger charge is 2.11. The third-order valence-electron chi connectivity index (χ3n) is 2.55. The minimum absolute atomic E-state index is 0.275. The zero-order chi connectivity index (χ0) is 13.8. The third kappa shape index (κ3) is 2.97. The largest absolute Gasteiger partial charge is 0.447 e. The lowest BCUT2D eigenvalue weighted by atomic mass is 10.2. The molecule has 0 amide bonds. The average Bonchev–Trinajstić information content (AvgIpc) is 3.10. The summed E-state index contributed by atoms with van der Waals surface area (Å²) in [5.74, 6) is 0.817. The molecule has 0 saturated carbocycles. The van der Waals surface area contributed by atoms with Crippen LogP contribution in [0.2, 0.25) is 0 Å². The summed E-state index contributed by atoms with van der Waals surface area (Å²) >= 11 is 1.19. The quantitative estimate of drug-likeness (QED) is 0.671. The highest BCUT2D eigenvalue weighted by Crippen LogP contribution is 2.28. The lowest BCUT2D eigenvalue weighted by molar-refractivity contribution is 0.109. The molecule has 0 saturated heterocycles. The molecule has 0 aliphatic carbocycles. The van der Waals surface area contributed by atoms with Crippen LogP contribution in [0, 0.1) is 0 Å². The molecule has 0 fully saturated rings. The molecule has 2 heterocycles.